The van der Waals surface area contributed by atoms with Crippen molar-refractivity contribution in [1.82, 2.24) is 9.88 Å². The van der Waals surface area contributed by atoms with E-state index in [4.69, 9.17) is 4.42 Å². The Bertz CT molecular complexity index is 1000. The molecule has 6 nitrogen and oxygen atoms in total. The van der Waals surface area contributed by atoms with Crippen LogP contribution < -0.4 is 5.32 Å². The molecule has 27 heavy (non-hydrogen) atoms. The number of aliphatic hydroxyl groups excluding tert-OH is 1. The first-order chi connectivity index (χ1) is 13.1. The summed E-state index contributed by atoms with van der Waals surface area (Å²) in [5.41, 5.74) is 1.93. The van der Waals surface area contributed by atoms with E-state index in [1.54, 1.807) is 42.4 Å². The van der Waals surface area contributed by atoms with E-state index < -0.39 is 5.82 Å². The topological polar surface area (TPSA) is 78.6 Å². The van der Waals surface area contributed by atoms with E-state index in [0.717, 1.165) is 18.4 Å². The zero-order valence-electron chi connectivity index (χ0n) is 14.9. The largest absolute Gasteiger partial charge is 0.448 e. The summed E-state index contributed by atoms with van der Waals surface area (Å²) >= 11 is 0. The smallest absolute Gasteiger partial charge is 0.292 e. The third-order valence-electron chi connectivity index (χ3n) is 4.92. The number of pyridine rings is 1. The van der Waals surface area contributed by atoms with Crippen LogP contribution in [0.15, 0.2) is 41.1 Å². The number of carbonyl (C=O) groups excluding carboxylic acids is 1. The Kier molecular flexibility index (Phi) is 4.53. The van der Waals surface area contributed by atoms with Crippen LogP contribution in [0.1, 0.15) is 29.0 Å². The first-order valence-electron chi connectivity index (χ1n) is 8.90. The molecule has 4 rings (SSSR count). The lowest BCUT2D eigenvalue weighted by Crippen LogP contribution is -2.37. The Labute approximate surface area is 155 Å². The van der Waals surface area contributed by atoms with Gasteiger partial charge in [0, 0.05) is 18.9 Å². The monoisotopic (exact) mass is 369 g/mol. The maximum Gasteiger partial charge on any atom is 0.292 e. The molecule has 2 N–H and O–H groups in total. The van der Waals surface area contributed by atoms with Gasteiger partial charge >= 0.3 is 0 Å². The minimum absolute atomic E-state index is 0.0944. The van der Waals surface area contributed by atoms with E-state index in [1.807, 2.05) is 0 Å². The summed E-state index contributed by atoms with van der Waals surface area (Å²) in [6.45, 7) is 2.27. The molecule has 0 spiro atoms. The van der Waals surface area contributed by atoms with Crippen molar-refractivity contribution in [3.05, 3.63) is 53.8 Å². The molecule has 0 saturated carbocycles. The van der Waals surface area contributed by atoms with Crippen LogP contribution in [-0.2, 0) is 0 Å². The van der Waals surface area contributed by atoms with E-state index >= 15 is 0 Å². The SMILES string of the molecule is Cc1ccc(Nc2c(C(=O)N3CCCC3CO)oc3ccncc23)c(F)c1. The highest BCUT2D eigenvalue weighted by molar-refractivity contribution is 6.07. The van der Waals surface area contributed by atoms with Crippen molar-refractivity contribution in [2.75, 3.05) is 18.5 Å². The van der Waals surface area contributed by atoms with E-state index in [-0.39, 0.29) is 30.0 Å². The summed E-state index contributed by atoms with van der Waals surface area (Å²) in [6.07, 6.45) is 4.73. The Hall–Kier alpha value is -2.93. The molecule has 1 saturated heterocycles. The number of anilines is 2. The maximum absolute atomic E-state index is 14.4. The molecule has 7 heteroatoms. The van der Waals surface area contributed by atoms with Crippen LogP contribution >= 0.6 is 0 Å². The minimum Gasteiger partial charge on any atom is -0.448 e. The number of hydrogen-bond donors (Lipinski definition) is 2. The third-order valence-corrected chi connectivity index (χ3v) is 4.92. The quantitative estimate of drug-likeness (QED) is 0.734. The number of rotatable bonds is 4. The van der Waals surface area contributed by atoms with Crippen molar-refractivity contribution in [3.8, 4) is 0 Å². The first kappa shape index (κ1) is 17.5. The van der Waals surface area contributed by atoms with Gasteiger partial charge in [0.1, 0.15) is 17.1 Å². The average molecular weight is 369 g/mol. The van der Waals surface area contributed by atoms with Crippen molar-refractivity contribution in [3.63, 3.8) is 0 Å². The predicted molar refractivity (Wildman–Crippen MR) is 99.6 cm³/mol. The molecule has 1 fully saturated rings. The van der Waals surface area contributed by atoms with Crippen LogP contribution in [-0.4, -0.2) is 40.1 Å². The molecule has 1 aromatic carbocycles. The van der Waals surface area contributed by atoms with Crippen molar-refractivity contribution in [2.45, 2.75) is 25.8 Å². The van der Waals surface area contributed by atoms with Gasteiger partial charge in [-0.15, -0.1) is 0 Å². The second kappa shape index (κ2) is 7.00. The average Bonchev–Trinajstić information content (AvgIpc) is 3.28. The molecule has 1 unspecified atom stereocenters. The molecule has 1 amide bonds. The normalized spacial score (nSPS) is 16.9. The molecule has 1 aliphatic rings. The number of furan rings is 1. The van der Waals surface area contributed by atoms with Crippen LogP contribution in [0, 0.1) is 12.7 Å². The Morgan fingerprint density at radius 2 is 2.30 bits per heavy atom. The number of benzene rings is 1. The zero-order valence-corrected chi connectivity index (χ0v) is 14.9. The van der Waals surface area contributed by atoms with Crippen LogP contribution in [0.5, 0.6) is 0 Å². The number of nitrogens with one attached hydrogen (secondary N) is 1. The molecular weight excluding hydrogens is 349 g/mol. The number of hydrogen-bond acceptors (Lipinski definition) is 5. The van der Waals surface area contributed by atoms with Gasteiger partial charge in [0.25, 0.3) is 5.91 Å². The van der Waals surface area contributed by atoms with Crippen LogP contribution in [0.25, 0.3) is 11.0 Å². The third kappa shape index (κ3) is 3.14. The number of likely N-dealkylation sites (tertiary alicyclic amines) is 1. The van der Waals surface area contributed by atoms with Crippen molar-refractivity contribution in [2.24, 2.45) is 0 Å². The molecule has 1 atom stereocenters. The lowest BCUT2D eigenvalue weighted by molar-refractivity contribution is 0.0650. The summed E-state index contributed by atoms with van der Waals surface area (Å²) < 4.78 is 20.2. The van der Waals surface area contributed by atoms with Gasteiger partial charge in [-0.1, -0.05) is 6.07 Å². The maximum atomic E-state index is 14.4. The fraction of sp³-hybridized carbons (Fsp3) is 0.300. The number of carbonyl (C=O) groups is 1. The van der Waals surface area contributed by atoms with Gasteiger partial charge in [-0.25, -0.2) is 4.39 Å². The van der Waals surface area contributed by atoms with Crippen molar-refractivity contribution in [1.29, 1.82) is 0 Å². The fourth-order valence-corrected chi connectivity index (χ4v) is 3.50. The number of fused-ring (bicyclic) bond motifs is 1. The van der Waals surface area contributed by atoms with Gasteiger partial charge in [-0.05, 0) is 43.5 Å². The van der Waals surface area contributed by atoms with E-state index in [2.05, 4.69) is 10.3 Å². The summed E-state index contributed by atoms with van der Waals surface area (Å²) in [5, 5.41) is 13.1. The van der Waals surface area contributed by atoms with E-state index in [0.29, 0.717) is 23.2 Å². The number of amides is 1. The highest BCUT2D eigenvalue weighted by Crippen LogP contribution is 2.35. The molecule has 3 aromatic rings. The predicted octanol–water partition coefficient (Wildman–Crippen LogP) is 3.62. The van der Waals surface area contributed by atoms with Crippen LogP contribution in [0.2, 0.25) is 0 Å². The van der Waals surface area contributed by atoms with Gasteiger partial charge in [-0.2, -0.15) is 0 Å². The van der Waals surface area contributed by atoms with E-state index in [9.17, 15) is 14.3 Å². The van der Waals surface area contributed by atoms with Gasteiger partial charge in [0.15, 0.2) is 0 Å². The molecule has 0 bridgehead atoms. The molecule has 0 aliphatic carbocycles. The molecular formula is C20H20FN3O3. The van der Waals surface area contributed by atoms with Gasteiger partial charge in [-0.3, -0.25) is 9.78 Å². The lowest BCUT2D eigenvalue weighted by Gasteiger charge is -2.22. The highest BCUT2D eigenvalue weighted by atomic mass is 19.1. The summed E-state index contributed by atoms with van der Waals surface area (Å²) in [6, 6.07) is 6.27. The van der Waals surface area contributed by atoms with Gasteiger partial charge in [0.05, 0.1) is 23.7 Å². The zero-order chi connectivity index (χ0) is 19.0. The number of aryl methyl sites for hydroxylation is 1. The van der Waals surface area contributed by atoms with Crippen LogP contribution in [0.3, 0.4) is 0 Å². The van der Waals surface area contributed by atoms with Crippen molar-refractivity contribution >= 4 is 28.3 Å². The Morgan fingerprint density at radius 3 is 3.07 bits per heavy atom. The number of halogens is 1. The minimum atomic E-state index is -0.416. The second-order valence-corrected chi connectivity index (χ2v) is 6.76. The van der Waals surface area contributed by atoms with Crippen molar-refractivity contribution < 1.29 is 18.7 Å². The summed E-state index contributed by atoms with van der Waals surface area (Å²) in [4.78, 5) is 18.8. The molecule has 3 heterocycles. The van der Waals surface area contributed by atoms with Crippen LogP contribution in [0.4, 0.5) is 15.8 Å². The number of aromatic nitrogens is 1. The molecule has 140 valence electrons. The number of aliphatic hydroxyl groups is 1. The molecule has 0 radical (unpaired) electrons. The molecule has 1 aliphatic heterocycles. The first-order valence-corrected chi connectivity index (χ1v) is 8.90. The highest BCUT2D eigenvalue weighted by Gasteiger charge is 2.33. The standard InChI is InChI=1S/C20H20FN3O3/c1-12-4-5-16(15(21)9-12)23-18-14-10-22-7-6-17(14)27-19(18)20(26)24-8-2-3-13(24)11-25/h4-7,9-10,13,23,25H,2-3,8,11H2,1H3. The van der Waals surface area contributed by atoms with Gasteiger partial charge in [0.2, 0.25) is 5.76 Å². The number of nitrogens with zero attached hydrogens (tertiary/aromatic N) is 2. The van der Waals surface area contributed by atoms with Gasteiger partial charge < -0.3 is 19.7 Å². The molecule has 2 aromatic heterocycles. The second-order valence-electron chi connectivity index (χ2n) is 6.76. The lowest BCUT2D eigenvalue weighted by atomic mass is 10.2. The summed E-state index contributed by atoms with van der Waals surface area (Å²) in [7, 11) is 0. The Morgan fingerprint density at radius 1 is 1.44 bits per heavy atom. The van der Waals surface area contributed by atoms with E-state index in [1.165, 1.54) is 6.07 Å². The Balaban J connectivity index is 1.78. The fourth-order valence-electron chi connectivity index (χ4n) is 3.50. The summed E-state index contributed by atoms with van der Waals surface area (Å²) in [5.74, 6) is -0.642.